The Kier molecular flexibility index (Phi) is 12.4. The molecule has 0 aromatic heterocycles. The monoisotopic (exact) mass is 241 g/mol. The van der Waals surface area contributed by atoms with Crippen LogP contribution in [0.5, 0.6) is 0 Å². The van der Waals surface area contributed by atoms with Gasteiger partial charge in [-0.25, -0.2) is 0 Å². The molecule has 1 N–H and O–H groups in total. The van der Waals surface area contributed by atoms with Crippen LogP contribution >= 0.6 is 0 Å². The minimum absolute atomic E-state index is 0.685. The standard InChI is InChI=1S/C16H35N/c1-5-7-8-9-10-11-12-13-14-15(3)16(4)17-6-2/h15-17H,5-14H2,1-4H3. The van der Waals surface area contributed by atoms with Crippen molar-refractivity contribution in [1.82, 2.24) is 5.32 Å². The van der Waals surface area contributed by atoms with Crippen LogP contribution < -0.4 is 5.32 Å². The van der Waals surface area contributed by atoms with Gasteiger partial charge in [0.25, 0.3) is 0 Å². The summed E-state index contributed by atoms with van der Waals surface area (Å²) < 4.78 is 0. The molecule has 2 atom stereocenters. The van der Waals surface area contributed by atoms with E-state index in [-0.39, 0.29) is 0 Å². The van der Waals surface area contributed by atoms with Crippen molar-refractivity contribution in [3.63, 3.8) is 0 Å². The second-order valence-electron chi connectivity index (χ2n) is 5.59. The van der Waals surface area contributed by atoms with Gasteiger partial charge in [-0.3, -0.25) is 0 Å². The molecule has 0 aromatic carbocycles. The quantitative estimate of drug-likeness (QED) is 0.466. The van der Waals surface area contributed by atoms with Crippen molar-refractivity contribution < 1.29 is 0 Å². The van der Waals surface area contributed by atoms with Gasteiger partial charge in [0.1, 0.15) is 0 Å². The van der Waals surface area contributed by atoms with Gasteiger partial charge < -0.3 is 5.32 Å². The van der Waals surface area contributed by atoms with Gasteiger partial charge >= 0.3 is 0 Å². The summed E-state index contributed by atoms with van der Waals surface area (Å²) in [4.78, 5) is 0. The van der Waals surface area contributed by atoms with Gasteiger partial charge in [0, 0.05) is 6.04 Å². The first-order valence-electron chi connectivity index (χ1n) is 7.95. The van der Waals surface area contributed by atoms with Crippen molar-refractivity contribution in [3.05, 3.63) is 0 Å². The van der Waals surface area contributed by atoms with Crippen LogP contribution in [0.2, 0.25) is 0 Å². The maximum absolute atomic E-state index is 3.52. The summed E-state index contributed by atoms with van der Waals surface area (Å²) in [6.45, 7) is 10.3. The third-order valence-electron chi connectivity index (χ3n) is 3.89. The predicted octanol–water partition coefficient (Wildman–Crippen LogP) is 5.15. The van der Waals surface area contributed by atoms with Crippen molar-refractivity contribution in [2.45, 2.75) is 91.5 Å². The molecule has 0 amide bonds. The molecule has 0 spiro atoms. The second-order valence-corrected chi connectivity index (χ2v) is 5.59. The molecule has 2 unspecified atom stereocenters. The molecule has 17 heavy (non-hydrogen) atoms. The number of unbranched alkanes of at least 4 members (excludes halogenated alkanes) is 7. The molecule has 0 saturated heterocycles. The molecule has 104 valence electrons. The van der Waals surface area contributed by atoms with E-state index >= 15 is 0 Å². The van der Waals surface area contributed by atoms with Crippen LogP contribution in [0.3, 0.4) is 0 Å². The van der Waals surface area contributed by atoms with E-state index in [4.69, 9.17) is 0 Å². The Morgan fingerprint density at radius 1 is 0.765 bits per heavy atom. The smallest absolute Gasteiger partial charge is 0.00642 e. The second kappa shape index (κ2) is 12.4. The van der Waals surface area contributed by atoms with Gasteiger partial charge in [0.15, 0.2) is 0 Å². The summed E-state index contributed by atoms with van der Waals surface area (Å²) in [7, 11) is 0. The molecule has 1 heteroatoms. The minimum atomic E-state index is 0.685. The van der Waals surface area contributed by atoms with Gasteiger partial charge in [-0.15, -0.1) is 0 Å². The number of hydrogen-bond acceptors (Lipinski definition) is 1. The summed E-state index contributed by atoms with van der Waals surface area (Å²) in [5.41, 5.74) is 0. The average molecular weight is 241 g/mol. The highest BCUT2D eigenvalue weighted by Crippen LogP contribution is 2.15. The Balaban J connectivity index is 3.21. The first-order chi connectivity index (χ1) is 8.22. The van der Waals surface area contributed by atoms with E-state index < -0.39 is 0 Å². The lowest BCUT2D eigenvalue weighted by Gasteiger charge is -2.20. The Labute approximate surface area is 110 Å². The average Bonchev–Trinajstić information content (AvgIpc) is 2.32. The molecule has 0 heterocycles. The lowest BCUT2D eigenvalue weighted by molar-refractivity contribution is 0.371. The molecule has 0 aliphatic rings. The van der Waals surface area contributed by atoms with E-state index in [9.17, 15) is 0 Å². The van der Waals surface area contributed by atoms with Gasteiger partial charge in [-0.1, -0.05) is 72.1 Å². The fourth-order valence-corrected chi connectivity index (χ4v) is 2.37. The number of nitrogens with one attached hydrogen (secondary N) is 1. The third-order valence-corrected chi connectivity index (χ3v) is 3.89. The summed E-state index contributed by atoms with van der Waals surface area (Å²) in [6, 6.07) is 0.685. The zero-order valence-corrected chi connectivity index (χ0v) is 12.7. The molecule has 0 aromatic rings. The SMILES string of the molecule is CCCCCCCCCCC(C)C(C)NCC. The van der Waals surface area contributed by atoms with Gasteiger partial charge in [-0.05, 0) is 25.8 Å². The fourth-order valence-electron chi connectivity index (χ4n) is 2.37. The van der Waals surface area contributed by atoms with Gasteiger partial charge in [0.2, 0.25) is 0 Å². The molecule has 0 bridgehead atoms. The molecular weight excluding hydrogens is 206 g/mol. The molecule has 0 fully saturated rings. The lowest BCUT2D eigenvalue weighted by atomic mass is 9.96. The Morgan fingerprint density at radius 2 is 1.29 bits per heavy atom. The Hall–Kier alpha value is -0.0400. The van der Waals surface area contributed by atoms with Crippen LogP contribution in [0.15, 0.2) is 0 Å². The Morgan fingerprint density at radius 3 is 1.82 bits per heavy atom. The highest BCUT2D eigenvalue weighted by atomic mass is 14.9. The zero-order chi connectivity index (χ0) is 12.9. The normalized spacial score (nSPS) is 14.8. The van der Waals surface area contributed by atoms with Crippen LogP contribution in [0, 0.1) is 5.92 Å². The topological polar surface area (TPSA) is 12.0 Å². The van der Waals surface area contributed by atoms with E-state index in [1.165, 1.54) is 57.8 Å². The largest absolute Gasteiger partial charge is 0.314 e. The molecule has 0 aliphatic carbocycles. The fraction of sp³-hybridized carbons (Fsp3) is 1.00. The van der Waals surface area contributed by atoms with Crippen LogP contribution in [0.4, 0.5) is 0 Å². The minimum Gasteiger partial charge on any atom is -0.314 e. The van der Waals surface area contributed by atoms with E-state index in [2.05, 4.69) is 33.0 Å². The zero-order valence-electron chi connectivity index (χ0n) is 12.7. The van der Waals surface area contributed by atoms with E-state index in [0.717, 1.165) is 12.5 Å². The summed E-state index contributed by atoms with van der Waals surface area (Å²) in [5, 5.41) is 3.52. The molecular formula is C16H35N. The predicted molar refractivity (Wildman–Crippen MR) is 79.5 cm³/mol. The van der Waals surface area contributed by atoms with Crippen molar-refractivity contribution in [1.29, 1.82) is 0 Å². The molecule has 0 radical (unpaired) electrons. The number of rotatable bonds is 12. The summed E-state index contributed by atoms with van der Waals surface area (Å²) in [5.74, 6) is 0.829. The van der Waals surface area contributed by atoms with Crippen LogP contribution in [-0.4, -0.2) is 12.6 Å². The maximum atomic E-state index is 3.52. The maximum Gasteiger partial charge on any atom is 0.00642 e. The van der Waals surface area contributed by atoms with Crippen LogP contribution in [0.1, 0.15) is 85.5 Å². The van der Waals surface area contributed by atoms with Crippen molar-refractivity contribution in [2.24, 2.45) is 5.92 Å². The van der Waals surface area contributed by atoms with Gasteiger partial charge in [-0.2, -0.15) is 0 Å². The van der Waals surface area contributed by atoms with Gasteiger partial charge in [0.05, 0.1) is 0 Å². The third kappa shape index (κ3) is 10.8. The van der Waals surface area contributed by atoms with Crippen LogP contribution in [-0.2, 0) is 0 Å². The van der Waals surface area contributed by atoms with Crippen LogP contribution in [0.25, 0.3) is 0 Å². The summed E-state index contributed by atoms with van der Waals surface area (Å²) >= 11 is 0. The van der Waals surface area contributed by atoms with Crippen molar-refractivity contribution >= 4 is 0 Å². The van der Waals surface area contributed by atoms with Crippen molar-refractivity contribution in [2.75, 3.05) is 6.54 Å². The number of hydrogen-bond donors (Lipinski definition) is 1. The highest BCUT2D eigenvalue weighted by Gasteiger charge is 2.09. The van der Waals surface area contributed by atoms with E-state index in [0.29, 0.717) is 6.04 Å². The molecule has 0 rings (SSSR count). The first kappa shape index (κ1) is 17.0. The lowest BCUT2D eigenvalue weighted by Crippen LogP contribution is -2.31. The molecule has 0 saturated carbocycles. The van der Waals surface area contributed by atoms with E-state index in [1.807, 2.05) is 0 Å². The molecule has 0 aliphatic heterocycles. The highest BCUT2D eigenvalue weighted by molar-refractivity contribution is 4.67. The van der Waals surface area contributed by atoms with Crippen molar-refractivity contribution in [3.8, 4) is 0 Å². The molecule has 1 nitrogen and oxygen atoms in total. The summed E-state index contributed by atoms with van der Waals surface area (Å²) in [6.07, 6.45) is 12.9. The Bertz CT molecular complexity index is 144. The first-order valence-corrected chi connectivity index (χ1v) is 7.95. The van der Waals surface area contributed by atoms with E-state index in [1.54, 1.807) is 0 Å².